The molecule has 1 aromatic carbocycles. The van der Waals surface area contributed by atoms with Crippen LogP contribution in [0.25, 0.3) is 0 Å². The van der Waals surface area contributed by atoms with Crippen LogP contribution in [0.15, 0.2) is 34.3 Å². The Morgan fingerprint density at radius 1 is 1.24 bits per heavy atom. The van der Waals surface area contributed by atoms with Crippen LogP contribution in [0.1, 0.15) is 31.2 Å². The fourth-order valence-corrected chi connectivity index (χ4v) is 2.81. The van der Waals surface area contributed by atoms with Crippen molar-refractivity contribution in [1.29, 1.82) is 0 Å². The maximum atomic E-state index is 11.8. The van der Waals surface area contributed by atoms with Crippen molar-refractivity contribution in [2.75, 3.05) is 25.9 Å². The normalized spacial score (nSPS) is 16.8. The van der Waals surface area contributed by atoms with Crippen LogP contribution in [0.2, 0.25) is 0 Å². The molecule has 1 aliphatic rings. The lowest BCUT2D eigenvalue weighted by atomic mass is 10.2. The molecule has 0 spiro atoms. The van der Waals surface area contributed by atoms with Crippen LogP contribution >= 0.6 is 11.8 Å². The summed E-state index contributed by atoms with van der Waals surface area (Å²) in [6, 6.07) is 8.09. The van der Waals surface area contributed by atoms with E-state index in [-0.39, 0.29) is 5.91 Å². The van der Waals surface area contributed by atoms with Crippen molar-refractivity contribution < 1.29 is 4.79 Å². The minimum Gasteiger partial charge on any atom is -0.294 e. The van der Waals surface area contributed by atoms with Gasteiger partial charge in [0.15, 0.2) is 0 Å². The fourth-order valence-electron chi connectivity index (χ4n) is 2.40. The van der Waals surface area contributed by atoms with Crippen LogP contribution in [0.5, 0.6) is 0 Å². The molecule has 114 valence electrons. The van der Waals surface area contributed by atoms with Gasteiger partial charge in [-0.1, -0.05) is 25.0 Å². The molecule has 0 aliphatic carbocycles. The van der Waals surface area contributed by atoms with Crippen molar-refractivity contribution in [3.8, 4) is 0 Å². The molecule has 1 fully saturated rings. The van der Waals surface area contributed by atoms with Crippen molar-refractivity contribution in [1.82, 2.24) is 10.3 Å². The summed E-state index contributed by atoms with van der Waals surface area (Å²) in [6.45, 7) is 2.49. The molecular formula is C16H23N3OS. The third kappa shape index (κ3) is 5.89. The largest absolute Gasteiger partial charge is 0.294 e. The Hall–Kier alpha value is -1.33. The number of amides is 1. The van der Waals surface area contributed by atoms with Gasteiger partial charge >= 0.3 is 0 Å². The third-order valence-corrected chi connectivity index (χ3v) is 4.33. The number of carbonyl (C=O) groups excluding carboxylic acids is 1. The summed E-state index contributed by atoms with van der Waals surface area (Å²) in [5, 5.41) is 4.03. The molecular weight excluding hydrogens is 282 g/mol. The van der Waals surface area contributed by atoms with Gasteiger partial charge in [-0.15, -0.1) is 11.8 Å². The number of likely N-dealkylation sites (tertiary alicyclic amines) is 1. The number of rotatable bonds is 5. The molecule has 0 saturated carbocycles. The summed E-state index contributed by atoms with van der Waals surface area (Å²) in [7, 11) is 0. The van der Waals surface area contributed by atoms with Gasteiger partial charge < -0.3 is 0 Å². The molecule has 4 nitrogen and oxygen atoms in total. The molecule has 1 heterocycles. The van der Waals surface area contributed by atoms with E-state index >= 15 is 0 Å². The second-order valence-electron chi connectivity index (χ2n) is 5.26. The molecule has 0 bridgehead atoms. The first-order valence-electron chi connectivity index (χ1n) is 7.46. The zero-order valence-electron chi connectivity index (χ0n) is 12.5. The van der Waals surface area contributed by atoms with Gasteiger partial charge in [-0.2, -0.15) is 5.10 Å². The summed E-state index contributed by atoms with van der Waals surface area (Å²) in [5.74, 6) is -0.0334. The van der Waals surface area contributed by atoms with Crippen molar-refractivity contribution in [2.45, 2.75) is 30.6 Å². The standard InChI is InChI=1S/C16H23N3OS/c1-21-15-8-6-14(7-9-15)12-17-18-16(20)13-19-10-4-2-3-5-11-19/h6-9,12H,2-5,10-11,13H2,1H3,(H,18,20)/b17-12-. The fraction of sp³-hybridized carbons (Fsp3) is 0.500. The number of nitrogens with zero attached hydrogens (tertiary/aromatic N) is 2. The molecule has 0 atom stereocenters. The highest BCUT2D eigenvalue weighted by Gasteiger charge is 2.12. The molecule has 1 aliphatic heterocycles. The van der Waals surface area contributed by atoms with E-state index in [2.05, 4.69) is 15.4 Å². The Kier molecular flexibility index (Phi) is 6.76. The molecule has 0 aromatic heterocycles. The van der Waals surface area contributed by atoms with Crippen molar-refractivity contribution in [3.63, 3.8) is 0 Å². The first-order chi connectivity index (χ1) is 10.3. The quantitative estimate of drug-likeness (QED) is 0.517. The molecule has 2 rings (SSSR count). The van der Waals surface area contributed by atoms with Crippen molar-refractivity contribution in [2.24, 2.45) is 5.10 Å². The van der Waals surface area contributed by atoms with Crippen LogP contribution in [-0.4, -0.2) is 42.9 Å². The lowest BCUT2D eigenvalue weighted by Gasteiger charge is -2.17. The van der Waals surface area contributed by atoms with Crippen LogP contribution in [-0.2, 0) is 4.79 Å². The Morgan fingerprint density at radius 2 is 1.90 bits per heavy atom. The van der Waals surface area contributed by atoms with E-state index in [1.165, 1.54) is 30.6 Å². The van der Waals surface area contributed by atoms with Crippen LogP contribution in [0.4, 0.5) is 0 Å². The Balaban J connectivity index is 1.75. The topological polar surface area (TPSA) is 44.7 Å². The van der Waals surface area contributed by atoms with Gasteiger partial charge in [0, 0.05) is 4.90 Å². The van der Waals surface area contributed by atoms with E-state index in [0.29, 0.717) is 6.54 Å². The highest BCUT2D eigenvalue weighted by atomic mass is 32.2. The van der Waals surface area contributed by atoms with Crippen LogP contribution in [0, 0.1) is 0 Å². The van der Waals surface area contributed by atoms with E-state index in [1.54, 1.807) is 18.0 Å². The molecule has 0 radical (unpaired) electrons. The van der Waals surface area contributed by atoms with Gasteiger partial charge in [-0.25, -0.2) is 5.43 Å². The monoisotopic (exact) mass is 305 g/mol. The predicted octanol–water partition coefficient (Wildman–Crippen LogP) is 2.73. The van der Waals surface area contributed by atoms with E-state index in [9.17, 15) is 4.79 Å². The number of hydrazone groups is 1. The first kappa shape index (κ1) is 16.0. The lowest BCUT2D eigenvalue weighted by molar-refractivity contribution is -0.122. The lowest BCUT2D eigenvalue weighted by Crippen LogP contribution is -2.35. The number of hydrogen-bond acceptors (Lipinski definition) is 4. The SMILES string of the molecule is CSc1ccc(/C=N\NC(=O)CN2CCCCCC2)cc1. The number of thioether (sulfide) groups is 1. The van der Waals surface area contributed by atoms with Crippen molar-refractivity contribution >= 4 is 23.9 Å². The maximum Gasteiger partial charge on any atom is 0.254 e. The van der Waals surface area contributed by atoms with E-state index in [0.717, 1.165) is 18.7 Å². The average Bonchev–Trinajstić information content (AvgIpc) is 2.76. The van der Waals surface area contributed by atoms with Crippen LogP contribution < -0.4 is 5.43 Å². The average molecular weight is 305 g/mol. The number of nitrogens with one attached hydrogen (secondary N) is 1. The van der Waals surface area contributed by atoms with Gasteiger partial charge in [-0.05, 0) is 49.9 Å². The highest BCUT2D eigenvalue weighted by Crippen LogP contribution is 2.13. The maximum absolute atomic E-state index is 11.8. The molecule has 0 unspecified atom stereocenters. The van der Waals surface area contributed by atoms with E-state index in [1.807, 2.05) is 30.5 Å². The van der Waals surface area contributed by atoms with Gasteiger partial charge in [-0.3, -0.25) is 9.69 Å². The minimum atomic E-state index is -0.0334. The van der Waals surface area contributed by atoms with Gasteiger partial charge in [0.05, 0.1) is 12.8 Å². The summed E-state index contributed by atoms with van der Waals surface area (Å²) in [6.07, 6.45) is 8.68. The smallest absolute Gasteiger partial charge is 0.254 e. The zero-order chi connectivity index (χ0) is 14.9. The molecule has 21 heavy (non-hydrogen) atoms. The summed E-state index contributed by atoms with van der Waals surface area (Å²) in [4.78, 5) is 15.3. The predicted molar refractivity (Wildman–Crippen MR) is 88.9 cm³/mol. The number of benzene rings is 1. The Labute approximate surface area is 131 Å². The molecule has 1 N–H and O–H groups in total. The molecule has 1 aromatic rings. The summed E-state index contributed by atoms with van der Waals surface area (Å²) in [5.41, 5.74) is 3.60. The summed E-state index contributed by atoms with van der Waals surface area (Å²) < 4.78 is 0. The third-order valence-electron chi connectivity index (χ3n) is 3.58. The van der Waals surface area contributed by atoms with Crippen molar-refractivity contribution in [3.05, 3.63) is 29.8 Å². The minimum absolute atomic E-state index is 0.0334. The van der Waals surface area contributed by atoms with Gasteiger partial charge in [0.2, 0.25) is 0 Å². The Morgan fingerprint density at radius 3 is 2.52 bits per heavy atom. The first-order valence-corrected chi connectivity index (χ1v) is 8.69. The van der Waals surface area contributed by atoms with E-state index in [4.69, 9.17) is 0 Å². The molecule has 5 heteroatoms. The molecule has 1 saturated heterocycles. The van der Waals surface area contributed by atoms with E-state index < -0.39 is 0 Å². The highest BCUT2D eigenvalue weighted by molar-refractivity contribution is 7.98. The molecule has 1 amide bonds. The zero-order valence-corrected chi connectivity index (χ0v) is 13.4. The van der Waals surface area contributed by atoms with Gasteiger partial charge in [0.1, 0.15) is 0 Å². The summed E-state index contributed by atoms with van der Waals surface area (Å²) >= 11 is 1.71. The number of carbonyl (C=O) groups is 1. The number of hydrogen-bond donors (Lipinski definition) is 1. The van der Waals surface area contributed by atoms with Crippen LogP contribution in [0.3, 0.4) is 0 Å². The Bertz CT molecular complexity index is 465. The van der Waals surface area contributed by atoms with Gasteiger partial charge in [0.25, 0.3) is 5.91 Å². The second kappa shape index (κ2) is 8.85. The second-order valence-corrected chi connectivity index (χ2v) is 6.14.